The maximum absolute atomic E-state index is 13.4. The van der Waals surface area contributed by atoms with Crippen LogP contribution in [0.15, 0.2) is 42.5 Å². The lowest BCUT2D eigenvalue weighted by Crippen LogP contribution is -2.16. The zero-order valence-corrected chi connectivity index (χ0v) is 13.5. The first-order chi connectivity index (χ1) is 12.0. The first kappa shape index (κ1) is 18.3. The predicted molar refractivity (Wildman–Crippen MR) is 89.2 cm³/mol. The van der Waals surface area contributed by atoms with Crippen LogP contribution in [-0.4, -0.2) is 31.2 Å². The summed E-state index contributed by atoms with van der Waals surface area (Å²) in [6, 6.07) is 9.46. The summed E-state index contributed by atoms with van der Waals surface area (Å²) in [6.45, 7) is 0.612. The third-order valence-corrected chi connectivity index (χ3v) is 3.27. The topological polar surface area (TPSA) is 90.7 Å². The fourth-order valence-corrected chi connectivity index (χ4v) is 2.08. The van der Waals surface area contributed by atoms with E-state index in [1.54, 1.807) is 0 Å². The second-order valence-electron chi connectivity index (χ2n) is 5.13. The molecule has 0 unspecified atom stereocenters. The van der Waals surface area contributed by atoms with Gasteiger partial charge >= 0.3 is 0 Å². The van der Waals surface area contributed by atoms with E-state index in [0.717, 1.165) is 6.07 Å². The number of halogens is 1. The fourth-order valence-electron chi connectivity index (χ4n) is 2.08. The third-order valence-electron chi connectivity index (χ3n) is 3.27. The predicted octanol–water partition coefficient (Wildman–Crippen LogP) is 2.94. The molecule has 0 aliphatic rings. The molecule has 132 valence electrons. The Bertz CT molecular complexity index is 749. The van der Waals surface area contributed by atoms with Crippen LogP contribution in [0.1, 0.15) is 5.56 Å². The molecule has 0 fully saturated rings. The standard InChI is InChI=1S/C17H17FN2O5/c1-24-8-9-25-16-7-4-13(18)11-15(16)19-17(21)10-12-2-5-14(6-3-12)20(22)23/h2-7,11H,8-10H2,1H3,(H,19,21). The Hall–Kier alpha value is -3.00. The van der Waals surface area contributed by atoms with Crippen molar-refractivity contribution in [1.82, 2.24) is 0 Å². The van der Waals surface area contributed by atoms with Crippen LogP contribution in [0, 0.1) is 15.9 Å². The highest BCUT2D eigenvalue weighted by molar-refractivity contribution is 5.93. The number of rotatable bonds is 8. The smallest absolute Gasteiger partial charge is 0.269 e. The number of non-ortho nitro benzene ring substituents is 1. The van der Waals surface area contributed by atoms with E-state index in [1.807, 2.05) is 0 Å². The summed E-state index contributed by atoms with van der Waals surface area (Å²) >= 11 is 0. The molecule has 0 aliphatic carbocycles. The molecular weight excluding hydrogens is 331 g/mol. The van der Waals surface area contributed by atoms with Crippen LogP contribution in [0.5, 0.6) is 5.75 Å². The molecule has 1 amide bonds. The molecule has 0 atom stereocenters. The summed E-state index contributed by atoms with van der Waals surface area (Å²) in [4.78, 5) is 22.3. The first-order valence-corrected chi connectivity index (χ1v) is 7.44. The molecule has 2 aromatic carbocycles. The summed E-state index contributed by atoms with van der Waals surface area (Å²) in [5, 5.41) is 13.2. The van der Waals surface area contributed by atoms with Crippen molar-refractivity contribution in [2.75, 3.05) is 25.6 Å². The van der Waals surface area contributed by atoms with Crippen molar-refractivity contribution < 1.29 is 23.6 Å². The Kier molecular flexibility index (Phi) is 6.41. The largest absolute Gasteiger partial charge is 0.489 e. The van der Waals surface area contributed by atoms with Crippen molar-refractivity contribution in [3.05, 3.63) is 64.0 Å². The van der Waals surface area contributed by atoms with Gasteiger partial charge in [0.1, 0.15) is 18.2 Å². The average molecular weight is 348 g/mol. The Balaban J connectivity index is 2.03. The number of methoxy groups -OCH3 is 1. The molecule has 0 saturated carbocycles. The third kappa shape index (κ3) is 5.54. The maximum atomic E-state index is 13.4. The fraction of sp³-hybridized carbons (Fsp3) is 0.235. The molecule has 0 aromatic heterocycles. The molecule has 7 nitrogen and oxygen atoms in total. The van der Waals surface area contributed by atoms with Gasteiger partial charge in [-0.2, -0.15) is 0 Å². The van der Waals surface area contributed by atoms with Gasteiger partial charge in [0, 0.05) is 25.3 Å². The Labute approximate surface area is 143 Å². The zero-order chi connectivity index (χ0) is 18.2. The van der Waals surface area contributed by atoms with Crippen molar-refractivity contribution in [2.45, 2.75) is 6.42 Å². The number of amides is 1. The summed E-state index contributed by atoms with van der Waals surface area (Å²) < 4.78 is 23.8. The van der Waals surface area contributed by atoms with Crippen LogP contribution in [0.25, 0.3) is 0 Å². The zero-order valence-electron chi connectivity index (χ0n) is 13.5. The van der Waals surface area contributed by atoms with Gasteiger partial charge in [0.15, 0.2) is 0 Å². The minimum Gasteiger partial charge on any atom is -0.489 e. The number of carbonyl (C=O) groups excluding carboxylic acids is 1. The van der Waals surface area contributed by atoms with Gasteiger partial charge in [0.25, 0.3) is 5.69 Å². The lowest BCUT2D eigenvalue weighted by Gasteiger charge is -2.12. The number of benzene rings is 2. The van der Waals surface area contributed by atoms with Gasteiger partial charge in [0.05, 0.1) is 23.6 Å². The number of anilines is 1. The van der Waals surface area contributed by atoms with E-state index in [1.165, 1.54) is 43.5 Å². The number of hydrogen-bond acceptors (Lipinski definition) is 5. The molecular formula is C17H17FN2O5. The highest BCUT2D eigenvalue weighted by Crippen LogP contribution is 2.25. The van der Waals surface area contributed by atoms with Crippen LogP contribution < -0.4 is 10.1 Å². The van der Waals surface area contributed by atoms with E-state index in [0.29, 0.717) is 17.9 Å². The maximum Gasteiger partial charge on any atom is 0.269 e. The van der Waals surface area contributed by atoms with Gasteiger partial charge < -0.3 is 14.8 Å². The van der Waals surface area contributed by atoms with Crippen LogP contribution >= 0.6 is 0 Å². The van der Waals surface area contributed by atoms with Crippen LogP contribution in [0.3, 0.4) is 0 Å². The number of nitrogens with zero attached hydrogens (tertiary/aromatic N) is 1. The van der Waals surface area contributed by atoms with Crippen LogP contribution in [0.2, 0.25) is 0 Å². The van der Waals surface area contributed by atoms with Gasteiger partial charge in [0.2, 0.25) is 5.91 Å². The number of nitro benzene ring substituents is 1. The Morgan fingerprint density at radius 1 is 1.20 bits per heavy atom. The van der Waals surface area contributed by atoms with E-state index in [2.05, 4.69) is 5.32 Å². The Morgan fingerprint density at radius 2 is 1.92 bits per heavy atom. The molecule has 0 bridgehead atoms. The van der Waals surface area contributed by atoms with Crippen molar-refractivity contribution in [1.29, 1.82) is 0 Å². The number of nitrogens with one attached hydrogen (secondary N) is 1. The summed E-state index contributed by atoms with van der Waals surface area (Å²) in [5.41, 5.74) is 0.757. The van der Waals surface area contributed by atoms with E-state index >= 15 is 0 Å². The van der Waals surface area contributed by atoms with E-state index in [-0.39, 0.29) is 24.4 Å². The second kappa shape index (κ2) is 8.74. The summed E-state index contributed by atoms with van der Waals surface area (Å²) in [7, 11) is 1.53. The second-order valence-corrected chi connectivity index (χ2v) is 5.13. The summed E-state index contributed by atoms with van der Waals surface area (Å²) in [6.07, 6.45) is -0.00792. The summed E-state index contributed by atoms with van der Waals surface area (Å²) in [5.74, 6) is -0.573. The molecule has 8 heteroatoms. The first-order valence-electron chi connectivity index (χ1n) is 7.44. The van der Waals surface area contributed by atoms with Gasteiger partial charge in [-0.05, 0) is 17.7 Å². The molecule has 0 radical (unpaired) electrons. The van der Waals surface area contributed by atoms with Crippen molar-refractivity contribution >= 4 is 17.3 Å². The molecule has 0 spiro atoms. The highest BCUT2D eigenvalue weighted by atomic mass is 19.1. The van der Waals surface area contributed by atoms with Gasteiger partial charge in [-0.1, -0.05) is 12.1 Å². The average Bonchev–Trinajstić information content (AvgIpc) is 2.57. The van der Waals surface area contributed by atoms with Gasteiger partial charge in [-0.25, -0.2) is 4.39 Å². The number of nitro groups is 1. The number of carbonyl (C=O) groups is 1. The lowest BCUT2D eigenvalue weighted by atomic mass is 10.1. The molecule has 0 saturated heterocycles. The van der Waals surface area contributed by atoms with Gasteiger partial charge in [-0.15, -0.1) is 0 Å². The van der Waals surface area contributed by atoms with Gasteiger partial charge in [-0.3, -0.25) is 14.9 Å². The normalized spacial score (nSPS) is 10.3. The molecule has 0 heterocycles. The molecule has 25 heavy (non-hydrogen) atoms. The molecule has 2 rings (SSSR count). The van der Waals surface area contributed by atoms with E-state index in [9.17, 15) is 19.3 Å². The van der Waals surface area contributed by atoms with E-state index in [4.69, 9.17) is 9.47 Å². The Morgan fingerprint density at radius 3 is 2.56 bits per heavy atom. The van der Waals surface area contributed by atoms with Crippen molar-refractivity contribution in [2.24, 2.45) is 0 Å². The quantitative estimate of drug-likeness (QED) is 0.450. The van der Waals surface area contributed by atoms with Crippen LogP contribution in [-0.2, 0) is 16.0 Å². The molecule has 1 N–H and O–H groups in total. The minimum atomic E-state index is -0.514. The lowest BCUT2D eigenvalue weighted by molar-refractivity contribution is -0.384. The monoisotopic (exact) mass is 348 g/mol. The SMILES string of the molecule is COCCOc1ccc(F)cc1NC(=O)Cc1ccc([N+](=O)[O-])cc1. The molecule has 0 aliphatic heterocycles. The van der Waals surface area contributed by atoms with Crippen LogP contribution in [0.4, 0.5) is 15.8 Å². The number of ether oxygens (including phenoxy) is 2. The van der Waals surface area contributed by atoms with Crippen molar-refractivity contribution in [3.8, 4) is 5.75 Å². The van der Waals surface area contributed by atoms with E-state index < -0.39 is 16.6 Å². The highest BCUT2D eigenvalue weighted by Gasteiger charge is 2.11. The minimum absolute atomic E-state index is 0.00792. The molecule has 2 aromatic rings. The van der Waals surface area contributed by atoms with Crippen molar-refractivity contribution in [3.63, 3.8) is 0 Å². The number of hydrogen-bond donors (Lipinski definition) is 1.